The Morgan fingerprint density at radius 1 is 1.44 bits per heavy atom. The zero-order valence-corrected chi connectivity index (χ0v) is 12.8. The first kappa shape index (κ1) is 15.1. The van der Waals surface area contributed by atoms with Gasteiger partial charge in [-0.1, -0.05) is 6.92 Å². The fourth-order valence-corrected chi connectivity index (χ4v) is 2.36. The lowest BCUT2D eigenvalue weighted by Crippen LogP contribution is -2.31. The van der Waals surface area contributed by atoms with Crippen molar-refractivity contribution in [1.82, 2.24) is 9.97 Å². The van der Waals surface area contributed by atoms with Crippen LogP contribution in [-0.4, -0.2) is 41.6 Å². The third-order valence-electron chi connectivity index (χ3n) is 2.81. The van der Waals surface area contributed by atoms with Gasteiger partial charge in [0.05, 0.1) is 0 Å². The molecule has 1 unspecified atom stereocenters. The van der Waals surface area contributed by atoms with E-state index in [9.17, 15) is 0 Å². The van der Waals surface area contributed by atoms with Gasteiger partial charge >= 0.3 is 0 Å². The summed E-state index contributed by atoms with van der Waals surface area (Å²) in [5.41, 5.74) is 0. The maximum Gasteiger partial charge on any atom is 0.134 e. The molecular weight excluding hydrogens is 244 g/mol. The first-order valence-electron chi connectivity index (χ1n) is 6.39. The van der Waals surface area contributed by atoms with Crippen LogP contribution in [0, 0.1) is 6.92 Å². The smallest absolute Gasteiger partial charge is 0.134 e. The van der Waals surface area contributed by atoms with Gasteiger partial charge < -0.3 is 10.2 Å². The largest absolute Gasteiger partial charge is 0.370 e. The molecule has 0 aliphatic rings. The highest BCUT2D eigenvalue weighted by atomic mass is 32.2. The summed E-state index contributed by atoms with van der Waals surface area (Å²) < 4.78 is 0. The molecule has 0 saturated heterocycles. The quantitative estimate of drug-likeness (QED) is 0.823. The maximum atomic E-state index is 4.51. The molecule has 1 aromatic rings. The van der Waals surface area contributed by atoms with Crippen LogP contribution in [0.25, 0.3) is 0 Å². The number of hydrogen-bond acceptors (Lipinski definition) is 5. The summed E-state index contributed by atoms with van der Waals surface area (Å²) in [7, 11) is 2.09. The second-order valence-electron chi connectivity index (χ2n) is 4.50. The fraction of sp³-hybridized carbons (Fsp3) is 0.692. The molecule has 4 nitrogen and oxygen atoms in total. The maximum absolute atomic E-state index is 4.51. The van der Waals surface area contributed by atoms with E-state index < -0.39 is 0 Å². The van der Waals surface area contributed by atoms with Crippen molar-refractivity contribution in [2.75, 3.05) is 35.8 Å². The van der Waals surface area contributed by atoms with Crippen molar-refractivity contribution in [3.8, 4) is 0 Å². The SMILES string of the molecule is CCCNc1cc(N(C)C(C)CSC)nc(C)n1. The van der Waals surface area contributed by atoms with Gasteiger partial charge in [0, 0.05) is 31.5 Å². The Hall–Kier alpha value is -0.970. The number of thioether (sulfide) groups is 1. The van der Waals surface area contributed by atoms with Gasteiger partial charge in [-0.3, -0.25) is 0 Å². The molecule has 18 heavy (non-hydrogen) atoms. The molecule has 0 aliphatic carbocycles. The van der Waals surface area contributed by atoms with Gasteiger partial charge in [0.25, 0.3) is 0 Å². The third kappa shape index (κ3) is 4.37. The minimum atomic E-state index is 0.466. The number of hydrogen-bond donors (Lipinski definition) is 1. The molecular formula is C13H24N4S. The summed E-state index contributed by atoms with van der Waals surface area (Å²) in [6, 6.07) is 2.49. The molecule has 5 heteroatoms. The molecule has 0 aromatic carbocycles. The normalized spacial score (nSPS) is 12.3. The van der Waals surface area contributed by atoms with E-state index >= 15 is 0 Å². The third-order valence-corrected chi connectivity index (χ3v) is 3.63. The molecule has 1 atom stereocenters. The van der Waals surface area contributed by atoms with Crippen molar-refractivity contribution in [1.29, 1.82) is 0 Å². The van der Waals surface area contributed by atoms with Gasteiger partial charge in [-0.2, -0.15) is 11.8 Å². The van der Waals surface area contributed by atoms with Crippen LogP contribution >= 0.6 is 11.8 Å². The van der Waals surface area contributed by atoms with E-state index in [2.05, 4.69) is 47.3 Å². The van der Waals surface area contributed by atoms with Crippen molar-refractivity contribution in [2.24, 2.45) is 0 Å². The molecule has 0 saturated carbocycles. The van der Waals surface area contributed by atoms with Crippen LogP contribution in [-0.2, 0) is 0 Å². The Bertz CT molecular complexity index is 370. The summed E-state index contributed by atoms with van der Waals surface area (Å²) >= 11 is 1.85. The average Bonchev–Trinajstić information content (AvgIpc) is 2.35. The van der Waals surface area contributed by atoms with Crippen LogP contribution in [0.1, 0.15) is 26.1 Å². The second kappa shape index (κ2) is 7.46. The van der Waals surface area contributed by atoms with E-state index in [0.717, 1.165) is 36.2 Å². The van der Waals surface area contributed by atoms with E-state index in [1.54, 1.807) is 0 Å². The summed E-state index contributed by atoms with van der Waals surface area (Å²) in [6.45, 7) is 7.25. The van der Waals surface area contributed by atoms with Crippen molar-refractivity contribution in [3.05, 3.63) is 11.9 Å². The van der Waals surface area contributed by atoms with Gasteiger partial charge in [0.1, 0.15) is 17.5 Å². The zero-order chi connectivity index (χ0) is 13.5. The standard InChI is InChI=1S/C13H24N4S/c1-6-7-14-12-8-13(16-11(3)15-12)17(4)10(2)9-18-5/h8,10H,6-7,9H2,1-5H3,(H,14,15,16). The second-order valence-corrected chi connectivity index (χ2v) is 5.41. The molecule has 1 aromatic heterocycles. The fourth-order valence-electron chi connectivity index (χ4n) is 1.66. The summed E-state index contributed by atoms with van der Waals surface area (Å²) in [6.07, 6.45) is 3.22. The Kier molecular flexibility index (Phi) is 6.25. The van der Waals surface area contributed by atoms with E-state index in [1.165, 1.54) is 0 Å². The topological polar surface area (TPSA) is 41.0 Å². The number of aromatic nitrogens is 2. The molecule has 0 spiro atoms. The van der Waals surface area contributed by atoms with Gasteiger partial charge in [0.15, 0.2) is 0 Å². The van der Waals surface area contributed by atoms with Crippen LogP contribution in [0.4, 0.5) is 11.6 Å². The highest BCUT2D eigenvalue weighted by Crippen LogP contribution is 2.18. The summed E-state index contributed by atoms with van der Waals surface area (Å²) in [4.78, 5) is 11.1. The van der Waals surface area contributed by atoms with E-state index in [-0.39, 0.29) is 0 Å². The highest BCUT2D eigenvalue weighted by Gasteiger charge is 2.12. The van der Waals surface area contributed by atoms with E-state index in [1.807, 2.05) is 24.8 Å². The molecule has 1 rings (SSSR count). The summed E-state index contributed by atoms with van der Waals surface area (Å²) in [5, 5.41) is 3.32. The van der Waals surface area contributed by atoms with Crippen molar-refractivity contribution < 1.29 is 0 Å². The predicted molar refractivity (Wildman–Crippen MR) is 81.8 cm³/mol. The lowest BCUT2D eigenvalue weighted by atomic mass is 10.3. The first-order valence-corrected chi connectivity index (χ1v) is 7.79. The number of anilines is 2. The predicted octanol–water partition coefficient (Wildman–Crippen LogP) is 2.79. The van der Waals surface area contributed by atoms with Crippen molar-refractivity contribution in [3.63, 3.8) is 0 Å². The average molecular weight is 268 g/mol. The molecule has 0 bridgehead atoms. The van der Waals surface area contributed by atoms with Gasteiger partial charge in [0.2, 0.25) is 0 Å². The lowest BCUT2D eigenvalue weighted by Gasteiger charge is -2.26. The Balaban J connectivity index is 2.84. The van der Waals surface area contributed by atoms with Crippen LogP contribution < -0.4 is 10.2 Å². The minimum absolute atomic E-state index is 0.466. The molecule has 1 heterocycles. The van der Waals surface area contributed by atoms with Crippen LogP contribution in [0.2, 0.25) is 0 Å². The van der Waals surface area contributed by atoms with Gasteiger partial charge in [-0.25, -0.2) is 9.97 Å². The molecule has 0 radical (unpaired) electrons. The number of nitrogens with one attached hydrogen (secondary N) is 1. The number of nitrogens with zero attached hydrogens (tertiary/aromatic N) is 3. The van der Waals surface area contributed by atoms with Crippen LogP contribution in [0.5, 0.6) is 0 Å². The monoisotopic (exact) mass is 268 g/mol. The molecule has 0 amide bonds. The molecule has 0 aliphatic heterocycles. The van der Waals surface area contributed by atoms with Crippen LogP contribution in [0.3, 0.4) is 0 Å². The van der Waals surface area contributed by atoms with Crippen LogP contribution in [0.15, 0.2) is 6.07 Å². The van der Waals surface area contributed by atoms with Gasteiger partial charge in [-0.05, 0) is 26.5 Å². The Morgan fingerprint density at radius 3 is 2.78 bits per heavy atom. The molecule has 102 valence electrons. The Morgan fingerprint density at radius 2 is 2.17 bits per heavy atom. The van der Waals surface area contributed by atoms with Crippen molar-refractivity contribution in [2.45, 2.75) is 33.2 Å². The zero-order valence-electron chi connectivity index (χ0n) is 12.0. The Labute approximate surface area is 115 Å². The summed E-state index contributed by atoms with van der Waals surface area (Å²) in [5.74, 6) is 3.82. The first-order chi connectivity index (χ1) is 8.58. The lowest BCUT2D eigenvalue weighted by molar-refractivity contribution is 0.748. The van der Waals surface area contributed by atoms with E-state index in [4.69, 9.17) is 0 Å². The highest BCUT2D eigenvalue weighted by molar-refractivity contribution is 7.98. The van der Waals surface area contributed by atoms with Gasteiger partial charge in [-0.15, -0.1) is 0 Å². The minimum Gasteiger partial charge on any atom is -0.370 e. The number of rotatable bonds is 7. The molecule has 1 N–H and O–H groups in total. The van der Waals surface area contributed by atoms with E-state index in [0.29, 0.717) is 6.04 Å². The van der Waals surface area contributed by atoms with Crippen molar-refractivity contribution >= 4 is 23.4 Å². The molecule has 0 fully saturated rings. The number of aryl methyl sites for hydroxylation is 1.